The summed E-state index contributed by atoms with van der Waals surface area (Å²) >= 11 is 0. The number of nitrogens with one attached hydrogen (secondary N) is 4. The summed E-state index contributed by atoms with van der Waals surface area (Å²) < 4.78 is 26.6. The fourth-order valence-electron chi connectivity index (χ4n) is 5.17. The van der Waals surface area contributed by atoms with Crippen LogP contribution in [0.25, 0.3) is 10.9 Å². The van der Waals surface area contributed by atoms with E-state index in [0.717, 1.165) is 18.7 Å². The second-order valence-electron chi connectivity index (χ2n) is 10.8. The summed E-state index contributed by atoms with van der Waals surface area (Å²) in [6, 6.07) is 10.4. The summed E-state index contributed by atoms with van der Waals surface area (Å²) in [6.45, 7) is 3.53. The Morgan fingerprint density at radius 3 is 2.40 bits per heavy atom. The molecule has 3 aromatic rings. The second kappa shape index (κ2) is 16.5. The van der Waals surface area contributed by atoms with E-state index >= 15 is 4.39 Å². The number of hydrogen-bond acceptors (Lipinski definition) is 11. The maximum Gasteiger partial charge on any atom is 0.368 e. The number of pyridine rings is 1. The normalized spacial score (nSPS) is 14.0. The molecule has 16 heteroatoms. The Morgan fingerprint density at radius 1 is 1.04 bits per heavy atom. The molecule has 256 valence electrons. The molecule has 2 atom stereocenters. The van der Waals surface area contributed by atoms with Gasteiger partial charge in [-0.2, -0.15) is 0 Å². The van der Waals surface area contributed by atoms with Crippen molar-refractivity contribution in [3.8, 4) is 0 Å². The SMILES string of the molecule is CCn1cc(C(=O)O[C@H](NC(=O)CNC(=O)[C@H](Cc2ccccc2)NC(=O)CN)C(=O)OC)c(=O)c2cc(F)c(N3CCNCC3)cc21. The van der Waals surface area contributed by atoms with E-state index in [2.05, 4.69) is 26.0 Å². The first-order valence-electron chi connectivity index (χ1n) is 15.3. The van der Waals surface area contributed by atoms with Gasteiger partial charge in [-0.1, -0.05) is 30.3 Å². The molecule has 0 spiro atoms. The number of rotatable bonds is 13. The number of hydrogen-bond donors (Lipinski definition) is 5. The first kappa shape index (κ1) is 35.5. The highest BCUT2D eigenvalue weighted by Gasteiger charge is 2.29. The first-order chi connectivity index (χ1) is 23.1. The van der Waals surface area contributed by atoms with Crippen molar-refractivity contribution in [2.24, 2.45) is 5.73 Å². The summed E-state index contributed by atoms with van der Waals surface area (Å²) in [5.74, 6) is -5.35. The van der Waals surface area contributed by atoms with Crippen LogP contribution in [0.3, 0.4) is 0 Å². The number of carbonyl (C=O) groups is 5. The molecule has 1 aliphatic rings. The van der Waals surface area contributed by atoms with Crippen molar-refractivity contribution >= 4 is 46.3 Å². The molecule has 3 amide bonds. The maximum atomic E-state index is 15.2. The van der Waals surface area contributed by atoms with Crippen molar-refractivity contribution in [3.63, 3.8) is 0 Å². The molecule has 0 saturated carbocycles. The van der Waals surface area contributed by atoms with E-state index in [1.54, 1.807) is 47.9 Å². The standard InChI is InChI=1S/C32H38FN7O8/c1-3-39-18-21(28(43)20-14-22(33)25(15-24(20)39)40-11-9-35-10-12-40)31(45)48-30(32(46)47-2)38-27(42)17-36-29(44)23(37-26(41)16-34)13-19-7-5-4-6-8-19/h4-8,14-15,18,23,30,35H,3,9-13,16-17,34H2,1-2H3,(H,36,44)(H,37,41)(H,38,42)/t23-,30-/m0/s1. The lowest BCUT2D eigenvalue weighted by atomic mass is 10.1. The molecule has 0 radical (unpaired) electrons. The van der Waals surface area contributed by atoms with Crippen molar-refractivity contribution in [2.75, 3.05) is 51.3 Å². The molecule has 1 aromatic heterocycles. The van der Waals surface area contributed by atoms with Crippen LogP contribution in [-0.4, -0.2) is 92.9 Å². The van der Waals surface area contributed by atoms with Crippen LogP contribution in [0.4, 0.5) is 10.1 Å². The van der Waals surface area contributed by atoms with E-state index in [4.69, 9.17) is 10.5 Å². The predicted octanol–water partition coefficient (Wildman–Crippen LogP) is -0.855. The van der Waals surface area contributed by atoms with Gasteiger partial charge in [0.15, 0.2) is 0 Å². The Kier molecular flexibility index (Phi) is 12.2. The van der Waals surface area contributed by atoms with Crippen molar-refractivity contribution in [1.29, 1.82) is 0 Å². The van der Waals surface area contributed by atoms with Gasteiger partial charge < -0.3 is 45.9 Å². The highest BCUT2D eigenvalue weighted by molar-refractivity contribution is 5.97. The van der Waals surface area contributed by atoms with Gasteiger partial charge in [0.2, 0.25) is 23.2 Å². The zero-order valence-electron chi connectivity index (χ0n) is 26.5. The lowest BCUT2D eigenvalue weighted by molar-refractivity contribution is -0.155. The fraction of sp³-hybridized carbons (Fsp3) is 0.375. The molecule has 1 aliphatic heterocycles. The minimum atomic E-state index is -2.00. The number of aryl methyl sites for hydroxylation is 1. The number of nitrogens with zero attached hydrogens (tertiary/aromatic N) is 2. The molecule has 2 heterocycles. The number of ether oxygens (including phenoxy) is 2. The van der Waals surface area contributed by atoms with Crippen molar-refractivity contribution in [1.82, 2.24) is 25.8 Å². The van der Waals surface area contributed by atoms with Crippen LogP contribution < -0.4 is 37.3 Å². The maximum absolute atomic E-state index is 15.2. The lowest BCUT2D eigenvalue weighted by Crippen LogP contribution is -2.53. The Balaban J connectivity index is 1.48. The third kappa shape index (κ3) is 8.71. The van der Waals surface area contributed by atoms with Gasteiger partial charge in [-0.3, -0.25) is 19.2 Å². The molecule has 0 unspecified atom stereocenters. The Labute approximate surface area is 274 Å². The smallest absolute Gasteiger partial charge is 0.368 e. The molecule has 0 aliphatic carbocycles. The first-order valence-corrected chi connectivity index (χ1v) is 15.3. The number of benzene rings is 2. The zero-order chi connectivity index (χ0) is 34.8. The molecule has 4 rings (SSSR count). The van der Waals surface area contributed by atoms with Crippen LogP contribution in [0.15, 0.2) is 53.5 Å². The Hall–Kier alpha value is -5.35. The number of piperazine rings is 1. The van der Waals surface area contributed by atoms with Crippen molar-refractivity contribution in [2.45, 2.75) is 32.2 Å². The van der Waals surface area contributed by atoms with Crippen LogP contribution in [0.2, 0.25) is 0 Å². The number of anilines is 1. The van der Waals surface area contributed by atoms with Gasteiger partial charge in [0.25, 0.3) is 6.23 Å². The highest BCUT2D eigenvalue weighted by Crippen LogP contribution is 2.26. The summed E-state index contributed by atoms with van der Waals surface area (Å²) in [4.78, 5) is 78.5. The van der Waals surface area contributed by atoms with Crippen molar-refractivity contribution in [3.05, 3.63) is 75.8 Å². The topological polar surface area (TPSA) is 203 Å². The Bertz CT molecular complexity index is 1730. The molecule has 1 saturated heterocycles. The quantitative estimate of drug-likeness (QED) is 0.112. The number of carbonyl (C=O) groups excluding carboxylic acids is 5. The minimum Gasteiger partial charge on any atom is -0.465 e. The zero-order valence-corrected chi connectivity index (χ0v) is 26.5. The summed E-state index contributed by atoms with van der Waals surface area (Å²) in [7, 11) is 0.990. The monoisotopic (exact) mass is 667 g/mol. The van der Waals surface area contributed by atoms with Gasteiger partial charge in [-0.05, 0) is 24.6 Å². The summed E-state index contributed by atoms with van der Waals surface area (Å²) in [5, 5.41) is 10.1. The number of methoxy groups -OCH3 is 1. The van der Waals surface area contributed by atoms with Gasteiger partial charge in [-0.15, -0.1) is 0 Å². The highest BCUT2D eigenvalue weighted by atomic mass is 19.1. The number of halogens is 1. The Morgan fingerprint density at radius 2 is 1.75 bits per heavy atom. The largest absolute Gasteiger partial charge is 0.465 e. The molecule has 2 aromatic carbocycles. The summed E-state index contributed by atoms with van der Waals surface area (Å²) in [6.07, 6.45) is -0.656. The van der Waals surface area contributed by atoms with E-state index in [1.165, 1.54) is 6.20 Å². The molecule has 6 N–H and O–H groups in total. The van der Waals surface area contributed by atoms with Gasteiger partial charge in [0.05, 0.1) is 31.4 Å². The lowest BCUT2D eigenvalue weighted by Gasteiger charge is -2.30. The van der Waals surface area contributed by atoms with E-state index in [0.29, 0.717) is 43.9 Å². The van der Waals surface area contributed by atoms with Crippen LogP contribution in [0, 0.1) is 5.82 Å². The van der Waals surface area contributed by atoms with E-state index < -0.39 is 65.3 Å². The molecule has 48 heavy (non-hydrogen) atoms. The minimum absolute atomic E-state index is 0.0733. The number of nitrogens with two attached hydrogens (primary N) is 1. The van der Waals surface area contributed by atoms with Gasteiger partial charge in [0.1, 0.15) is 17.4 Å². The number of fused-ring (bicyclic) bond motifs is 1. The van der Waals surface area contributed by atoms with Crippen LogP contribution in [-0.2, 0) is 41.6 Å². The average molecular weight is 668 g/mol. The van der Waals surface area contributed by atoms with E-state index in [1.807, 2.05) is 4.90 Å². The third-order valence-corrected chi connectivity index (χ3v) is 7.64. The predicted molar refractivity (Wildman–Crippen MR) is 172 cm³/mol. The molecule has 1 fully saturated rings. The van der Waals surface area contributed by atoms with Gasteiger partial charge >= 0.3 is 11.9 Å². The van der Waals surface area contributed by atoms with E-state index in [9.17, 15) is 28.8 Å². The average Bonchev–Trinajstić information content (AvgIpc) is 3.10. The summed E-state index contributed by atoms with van der Waals surface area (Å²) in [5.41, 5.74) is 5.49. The molecular formula is C32H38FN7O8. The molecule has 0 bridgehead atoms. The van der Waals surface area contributed by atoms with Gasteiger partial charge in [-0.25, -0.2) is 14.0 Å². The number of esters is 2. The fourth-order valence-corrected chi connectivity index (χ4v) is 5.17. The van der Waals surface area contributed by atoms with Crippen LogP contribution in [0.5, 0.6) is 0 Å². The number of aromatic nitrogens is 1. The third-order valence-electron chi connectivity index (χ3n) is 7.64. The number of amides is 3. The van der Waals surface area contributed by atoms with Crippen LogP contribution in [0.1, 0.15) is 22.8 Å². The van der Waals surface area contributed by atoms with Crippen LogP contribution >= 0.6 is 0 Å². The molecular weight excluding hydrogens is 629 g/mol. The molecule has 15 nitrogen and oxygen atoms in total. The van der Waals surface area contributed by atoms with E-state index in [-0.39, 0.29) is 18.4 Å². The second-order valence-corrected chi connectivity index (χ2v) is 10.8. The van der Waals surface area contributed by atoms with Gasteiger partial charge in [0, 0.05) is 50.7 Å². The van der Waals surface area contributed by atoms with Crippen molar-refractivity contribution < 1.29 is 37.8 Å².